The monoisotopic (exact) mass is 863 g/mol. The number of benzene rings is 1. The molecule has 25 heteroatoms. The normalized spacial score (nSPS) is 14.3. The number of amides is 7. The van der Waals surface area contributed by atoms with Crippen molar-refractivity contribution in [1.29, 1.82) is 0 Å². The van der Waals surface area contributed by atoms with Crippen molar-refractivity contribution in [3.05, 3.63) is 54.1 Å². The van der Waals surface area contributed by atoms with Crippen molar-refractivity contribution in [3.8, 4) is 0 Å². The zero-order valence-corrected chi connectivity index (χ0v) is 33.5. The van der Waals surface area contributed by atoms with Crippen LogP contribution in [0.1, 0.15) is 31.0 Å². The number of carboxylic acid groups (broad SMARTS) is 1. The summed E-state index contributed by atoms with van der Waals surface area (Å²) in [5.41, 5.74) is 17.3. The standard InChI is InChI=1S/C35H53N13O11S/c1-18(43-29(53)21(36)14-49)28(52)41-13-27(51)44-25(15-50)33(57)46-23(10-19-6-3-2-4-7-19)31(55)45-22(8-5-9-40-35(37)38)30(54)47-24(11-20-12-39-17-42-20)32(56)48-26(16-60)34(58)59/h2-4,6-7,12,17-18,21-26,49-50,60H,5,8-11,13-16,36H2,1H3,(H,39,42)(H,41,52)(H,43,53)(H,44,51)(H,45,55)(H,46,57)(H,47,54)(H,48,56)(H,58,59)(H4,37,38,40)/t18-,21-,22-,23-,24-,25-,26-/m0/s1. The van der Waals surface area contributed by atoms with E-state index in [-0.39, 0.29) is 43.9 Å². The van der Waals surface area contributed by atoms with E-state index < -0.39 is 109 Å². The molecular weight excluding hydrogens is 811 g/mol. The summed E-state index contributed by atoms with van der Waals surface area (Å²) < 4.78 is 0. The molecule has 1 aromatic heterocycles. The third-order valence-corrected chi connectivity index (χ3v) is 8.81. The van der Waals surface area contributed by atoms with Crippen LogP contribution in [0.15, 0.2) is 47.8 Å². The number of rotatable bonds is 26. The first-order chi connectivity index (χ1) is 28.5. The lowest BCUT2D eigenvalue weighted by molar-refractivity contribution is -0.141. The van der Waals surface area contributed by atoms with Crippen LogP contribution in [-0.2, 0) is 51.2 Å². The minimum atomic E-state index is -1.63. The molecule has 0 saturated carbocycles. The number of aliphatic hydroxyl groups is 2. The van der Waals surface area contributed by atoms with Gasteiger partial charge in [-0.15, -0.1) is 0 Å². The fourth-order valence-corrected chi connectivity index (χ4v) is 5.41. The molecule has 0 bridgehead atoms. The molecule has 0 saturated heterocycles. The van der Waals surface area contributed by atoms with Gasteiger partial charge in [0.05, 0.1) is 26.1 Å². The second-order valence-electron chi connectivity index (χ2n) is 13.2. The van der Waals surface area contributed by atoms with E-state index in [1.807, 2.05) is 0 Å². The summed E-state index contributed by atoms with van der Waals surface area (Å²) in [6.07, 6.45) is 2.47. The summed E-state index contributed by atoms with van der Waals surface area (Å²) in [5, 5.41) is 45.2. The predicted octanol–water partition coefficient (Wildman–Crippen LogP) is -6.38. The molecule has 60 heavy (non-hydrogen) atoms. The van der Waals surface area contributed by atoms with Crippen LogP contribution in [0.5, 0.6) is 0 Å². The minimum Gasteiger partial charge on any atom is -0.480 e. The number of H-pyrrole nitrogens is 1. The molecule has 1 heterocycles. The van der Waals surface area contributed by atoms with E-state index in [1.54, 1.807) is 30.3 Å². The van der Waals surface area contributed by atoms with Crippen LogP contribution in [0, 0.1) is 0 Å². The van der Waals surface area contributed by atoms with Crippen molar-refractivity contribution in [2.75, 3.05) is 32.1 Å². The SMILES string of the molecule is C[C@H](NC(=O)[C@@H](N)CO)C(=O)NCC(=O)N[C@@H](CO)C(=O)N[C@@H](Cc1ccccc1)C(=O)N[C@@H](CCCN=C(N)N)C(=O)N[C@@H](Cc1cnc[nH]1)C(=O)N[C@@H](CS)C(=O)O. The highest BCUT2D eigenvalue weighted by atomic mass is 32.1. The number of aromatic amines is 1. The average molecular weight is 864 g/mol. The maximum absolute atomic E-state index is 14.0. The van der Waals surface area contributed by atoms with Gasteiger partial charge in [-0.1, -0.05) is 30.3 Å². The average Bonchev–Trinajstić information content (AvgIpc) is 3.74. The van der Waals surface area contributed by atoms with Gasteiger partial charge < -0.3 is 74.7 Å². The number of carbonyl (C=O) groups excluding carboxylic acids is 7. The Bertz CT molecular complexity index is 1780. The first-order valence-electron chi connectivity index (χ1n) is 18.5. The lowest BCUT2D eigenvalue weighted by Gasteiger charge is -2.26. The van der Waals surface area contributed by atoms with Crippen LogP contribution in [0.4, 0.5) is 0 Å². The number of guanidine groups is 1. The lowest BCUT2D eigenvalue weighted by atomic mass is 10.0. The van der Waals surface area contributed by atoms with Crippen molar-refractivity contribution in [2.24, 2.45) is 22.2 Å². The molecule has 0 unspecified atom stereocenters. The third-order valence-electron chi connectivity index (χ3n) is 8.45. The second-order valence-corrected chi connectivity index (χ2v) is 13.6. The van der Waals surface area contributed by atoms with Gasteiger partial charge in [0.15, 0.2) is 5.96 Å². The highest BCUT2D eigenvalue weighted by Crippen LogP contribution is 2.08. The number of nitrogens with two attached hydrogens (primary N) is 3. The molecular formula is C35H53N13O11S. The van der Waals surface area contributed by atoms with Crippen LogP contribution in [0.3, 0.4) is 0 Å². The third kappa shape index (κ3) is 17.7. The molecule has 0 aliphatic rings. The van der Waals surface area contributed by atoms with Crippen molar-refractivity contribution in [1.82, 2.24) is 47.2 Å². The van der Waals surface area contributed by atoms with E-state index in [9.17, 15) is 48.6 Å². The fraction of sp³-hybridized carbons (Fsp3) is 0.486. The number of thiol groups is 1. The van der Waals surface area contributed by atoms with E-state index in [0.717, 1.165) is 0 Å². The molecule has 17 N–H and O–H groups in total. The van der Waals surface area contributed by atoms with Crippen molar-refractivity contribution in [2.45, 2.75) is 74.9 Å². The van der Waals surface area contributed by atoms with E-state index in [1.165, 1.54) is 19.4 Å². The summed E-state index contributed by atoms with van der Waals surface area (Å²) in [6.45, 7) is -0.962. The smallest absolute Gasteiger partial charge is 0.327 e. The van der Waals surface area contributed by atoms with Crippen LogP contribution < -0.4 is 54.4 Å². The van der Waals surface area contributed by atoms with E-state index in [2.05, 4.69) is 64.8 Å². The maximum atomic E-state index is 14.0. The number of carboxylic acids is 1. The molecule has 0 spiro atoms. The van der Waals surface area contributed by atoms with Gasteiger partial charge in [0.2, 0.25) is 41.4 Å². The number of nitrogens with zero attached hydrogens (tertiary/aromatic N) is 2. The Morgan fingerprint density at radius 1 is 0.767 bits per heavy atom. The Balaban J connectivity index is 2.30. The van der Waals surface area contributed by atoms with Crippen LogP contribution in [-0.4, -0.2) is 153 Å². The van der Waals surface area contributed by atoms with Gasteiger partial charge in [0.25, 0.3) is 0 Å². The highest BCUT2D eigenvalue weighted by molar-refractivity contribution is 7.80. The predicted molar refractivity (Wildman–Crippen MR) is 216 cm³/mol. The molecule has 7 amide bonds. The number of aliphatic imine (C=N–C) groups is 1. The van der Waals surface area contributed by atoms with Crippen molar-refractivity contribution in [3.63, 3.8) is 0 Å². The Hall–Kier alpha value is -6.31. The summed E-state index contributed by atoms with van der Waals surface area (Å²) in [4.78, 5) is 114. The van der Waals surface area contributed by atoms with Gasteiger partial charge in [0.1, 0.15) is 42.3 Å². The van der Waals surface area contributed by atoms with Crippen molar-refractivity contribution >= 4 is 65.9 Å². The first kappa shape index (κ1) is 49.8. The molecule has 0 aliphatic heterocycles. The lowest BCUT2D eigenvalue weighted by Crippen LogP contribution is -2.60. The number of imidazole rings is 1. The minimum absolute atomic E-state index is 0.0379. The number of aliphatic hydroxyl groups excluding tert-OH is 2. The highest BCUT2D eigenvalue weighted by Gasteiger charge is 2.33. The van der Waals surface area contributed by atoms with Crippen LogP contribution in [0.2, 0.25) is 0 Å². The van der Waals surface area contributed by atoms with Gasteiger partial charge >= 0.3 is 5.97 Å². The Morgan fingerprint density at radius 2 is 1.35 bits per heavy atom. The molecule has 0 aliphatic carbocycles. The molecule has 24 nitrogen and oxygen atoms in total. The Morgan fingerprint density at radius 3 is 1.90 bits per heavy atom. The number of aliphatic carboxylic acids is 1. The zero-order valence-electron chi connectivity index (χ0n) is 32.6. The number of hydrogen-bond donors (Lipinski definition) is 15. The maximum Gasteiger partial charge on any atom is 0.327 e. The summed E-state index contributed by atoms with van der Waals surface area (Å²) in [6, 6.07) is -1.25. The van der Waals surface area contributed by atoms with Crippen molar-refractivity contribution < 1.29 is 53.7 Å². The van der Waals surface area contributed by atoms with E-state index >= 15 is 0 Å². The van der Waals surface area contributed by atoms with Gasteiger partial charge in [-0.3, -0.25) is 38.6 Å². The van der Waals surface area contributed by atoms with Crippen LogP contribution in [0.25, 0.3) is 0 Å². The van der Waals surface area contributed by atoms with Crippen LogP contribution >= 0.6 is 12.6 Å². The summed E-state index contributed by atoms with van der Waals surface area (Å²) in [5.74, 6) is -8.06. The van der Waals surface area contributed by atoms with E-state index in [4.69, 9.17) is 22.3 Å². The van der Waals surface area contributed by atoms with Gasteiger partial charge in [-0.25, -0.2) is 9.78 Å². The quantitative estimate of drug-likeness (QED) is 0.0181. The number of hydrogen-bond acceptors (Lipinski definition) is 14. The van der Waals surface area contributed by atoms with E-state index in [0.29, 0.717) is 11.3 Å². The van der Waals surface area contributed by atoms with Gasteiger partial charge in [-0.05, 0) is 25.3 Å². The second kappa shape index (κ2) is 25.9. The molecule has 330 valence electrons. The first-order valence-corrected chi connectivity index (χ1v) is 19.1. The molecule has 7 atom stereocenters. The number of nitrogens with one attached hydrogen (secondary N) is 8. The summed E-state index contributed by atoms with van der Waals surface area (Å²) >= 11 is 3.97. The number of carbonyl (C=O) groups is 8. The molecule has 1 aromatic carbocycles. The molecule has 0 fully saturated rings. The Labute approximate surface area is 349 Å². The molecule has 2 aromatic rings. The molecule has 0 radical (unpaired) electrons. The van der Waals surface area contributed by atoms with Gasteiger partial charge in [-0.2, -0.15) is 12.6 Å². The number of aromatic nitrogens is 2. The fourth-order valence-electron chi connectivity index (χ4n) is 5.16. The Kier molecular flexibility index (Phi) is 21.5. The largest absolute Gasteiger partial charge is 0.480 e. The zero-order chi connectivity index (χ0) is 44.8. The van der Waals surface area contributed by atoms with Gasteiger partial charge in [0, 0.05) is 37.0 Å². The molecule has 2 rings (SSSR count). The summed E-state index contributed by atoms with van der Waals surface area (Å²) in [7, 11) is 0. The topological polar surface area (TPSA) is 401 Å².